The molecular formula is C11H19F3N2. The van der Waals surface area contributed by atoms with Crippen LogP contribution < -0.4 is 5.73 Å². The summed E-state index contributed by atoms with van der Waals surface area (Å²) in [7, 11) is 0. The van der Waals surface area contributed by atoms with E-state index < -0.39 is 12.7 Å². The molecule has 3 fully saturated rings. The lowest BCUT2D eigenvalue weighted by Crippen LogP contribution is -2.54. The third-order valence-electron chi connectivity index (χ3n) is 4.02. The molecule has 16 heavy (non-hydrogen) atoms. The van der Waals surface area contributed by atoms with Gasteiger partial charge >= 0.3 is 6.18 Å². The third kappa shape index (κ3) is 2.69. The van der Waals surface area contributed by atoms with Gasteiger partial charge in [0.15, 0.2) is 0 Å². The van der Waals surface area contributed by atoms with Gasteiger partial charge in [-0.05, 0) is 44.1 Å². The molecule has 0 spiro atoms. The Morgan fingerprint density at radius 2 is 2.00 bits per heavy atom. The molecule has 0 aromatic rings. The average Bonchev–Trinajstić information content (AvgIpc) is 2.18. The first-order chi connectivity index (χ1) is 7.49. The van der Waals surface area contributed by atoms with Crippen molar-refractivity contribution in [2.24, 2.45) is 17.6 Å². The van der Waals surface area contributed by atoms with E-state index >= 15 is 0 Å². The average molecular weight is 236 g/mol. The van der Waals surface area contributed by atoms with Crippen LogP contribution in [0.3, 0.4) is 0 Å². The third-order valence-corrected chi connectivity index (χ3v) is 4.02. The topological polar surface area (TPSA) is 29.3 Å². The minimum Gasteiger partial charge on any atom is -0.330 e. The van der Waals surface area contributed by atoms with Crippen LogP contribution >= 0.6 is 0 Å². The lowest BCUT2D eigenvalue weighted by molar-refractivity contribution is -0.164. The van der Waals surface area contributed by atoms with Crippen LogP contribution in [0.5, 0.6) is 0 Å². The van der Waals surface area contributed by atoms with Gasteiger partial charge in [0, 0.05) is 12.6 Å². The zero-order valence-corrected chi connectivity index (χ0v) is 9.34. The van der Waals surface area contributed by atoms with E-state index in [2.05, 4.69) is 0 Å². The number of fused-ring (bicyclic) bond motifs is 3. The molecule has 0 aromatic heterocycles. The molecule has 3 unspecified atom stereocenters. The van der Waals surface area contributed by atoms with Crippen LogP contribution in [0.15, 0.2) is 0 Å². The Bertz CT molecular complexity index is 242. The van der Waals surface area contributed by atoms with E-state index in [1.54, 1.807) is 4.90 Å². The monoisotopic (exact) mass is 236 g/mol. The number of nitrogens with zero attached hydrogens (tertiary/aromatic N) is 1. The summed E-state index contributed by atoms with van der Waals surface area (Å²) < 4.78 is 37.0. The lowest BCUT2D eigenvalue weighted by Gasteiger charge is -2.49. The molecule has 2 nitrogen and oxygen atoms in total. The van der Waals surface area contributed by atoms with Crippen molar-refractivity contribution in [2.45, 2.75) is 37.9 Å². The Kier molecular flexibility index (Phi) is 3.45. The van der Waals surface area contributed by atoms with Gasteiger partial charge in [-0.1, -0.05) is 0 Å². The quantitative estimate of drug-likeness (QED) is 0.812. The molecule has 94 valence electrons. The van der Waals surface area contributed by atoms with Gasteiger partial charge in [-0.2, -0.15) is 13.2 Å². The summed E-state index contributed by atoms with van der Waals surface area (Å²) in [5, 5.41) is 0. The van der Waals surface area contributed by atoms with Crippen molar-refractivity contribution in [3.8, 4) is 0 Å². The van der Waals surface area contributed by atoms with Crippen molar-refractivity contribution in [3.05, 3.63) is 0 Å². The smallest absolute Gasteiger partial charge is 0.330 e. The van der Waals surface area contributed by atoms with Crippen LogP contribution in [0.1, 0.15) is 25.7 Å². The Morgan fingerprint density at radius 1 is 1.25 bits per heavy atom. The summed E-state index contributed by atoms with van der Waals surface area (Å²) in [5.41, 5.74) is 5.53. The van der Waals surface area contributed by atoms with E-state index in [1.165, 1.54) is 0 Å². The lowest BCUT2D eigenvalue weighted by atomic mass is 9.71. The van der Waals surface area contributed by atoms with E-state index in [0.717, 1.165) is 25.7 Å². The molecule has 0 amide bonds. The number of hydrogen-bond acceptors (Lipinski definition) is 2. The predicted molar refractivity (Wildman–Crippen MR) is 55.9 cm³/mol. The highest BCUT2D eigenvalue weighted by molar-refractivity contribution is 4.93. The Balaban J connectivity index is 1.93. The largest absolute Gasteiger partial charge is 0.401 e. The second-order valence-electron chi connectivity index (χ2n) is 5.11. The maximum Gasteiger partial charge on any atom is 0.401 e. The van der Waals surface area contributed by atoms with Crippen molar-refractivity contribution in [1.82, 2.24) is 4.90 Å². The van der Waals surface area contributed by atoms with Crippen molar-refractivity contribution < 1.29 is 13.2 Å². The molecule has 2 bridgehead atoms. The first-order valence-electron chi connectivity index (χ1n) is 6.00. The van der Waals surface area contributed by atoms with Gasteiger partial charge in [0.2, 0.25) is 0 Å². The SMILES string of the molecule is NCCC1CC2CCC1CN2CC(F)(F)F. The zero-order chi connectivity index (χ0) is 11.8. The van der Waals surface area contributed by atoms with Gasteiger partial charge in [-0.25, -0.2) is 0 Å². The highest BCUT2D eigenvalue weighted by atomic mass is 19.4. The number of rotatable bonds is 3. The fraction of sp³-hybridized carbons (Fsp3) is 1.00. The molecule has 0 radical (unpaired) electrons. The molecule has 3 aliphatic rings. The predicted octanol–water partition coefficient (Wildman–Crippen LogP) is 2.00. The number of halogens is 3. The fourth-order valence-electron chi connectivity index (χ4n) is 3.32. The maximum atomic E-state index is 12.3. The van der Waals surface area contributed by atoms with E-state index in [9.17, 15) is 13.2 Å². The Labute approximate surface area is 94.0 Å². The fourth-order valence-corrected chi connectivity index (χ4v) is 3.32. The van der Waals surface area contributed by atoms with Crippen molar-refractivity contribution in [3.63, 3.8) is 0 Å². The molecule has 2 saturated heterocycles. The van der Waals surface area contributed by atoms with E-state index in [-0.39, 0.29) is 6.04 Å². The molecule has 3 rings (SSSR count). The summed E-state index contributed by atoms with van der Waals surface area (Å²) >= 11 is 0. The van der Waals surface area contributed by atoms with Crippen LogP contribution in [0.25, 0.3) is 0 Å². The number of hydrogen-bond donors (Lipinski definition) is 1. The summed E-state index contributed by atoms with van der Waals surface area (Å²) in [6.07, 6.45) is -0.147. The number of piperidine rings is 2. The molecule has 0 aromatic carbocycles. The number of alkyl halides is 3. The standard InChI is InChI=1S/C11H19F3N2/c12-11(13,14)7-16-6-9-1-2-10(16)5-8(9)3-4-15/h8-10H,1-7,15H2. The van der Waals surface area contributed by atoms with E-state index in [0.29, 0.717) is 24.9 Å². The minimum atomic E-state index is -4.05. The molecular weight excluding hydrogens is 217 g/mol. The molecule has 1 aliphatic carbocycles. The molecule has 1 saturated carbocycles. The van der Waals surface area contributed by atoms with Crippen molar-refractivity contribution in [1.29, 1.82) is 0 Å². The van der Waals surface area contributed by atoms with E-state index in [1.807, 2.05) is 0 Å². The second kappa shape index (κ2) is 4.53. The highest BCUT2D eigenvalue weighted by Crippen LogP contribution is 2.41. The normalized spacial score (nSPS) is 35.6. The Morgan fingerprint density at radius 3 is 2.50 bits per heavy atom. The Hall–Kier alpha value is -0.290. The van der Waals surface area contributed by atoms with Crippen LogP contribution in [-0.4, -0.2) is 36.8 Å². The number of nitrogens with two attached hydrogens (primary N) is 1. The summed E-state index contributed by atoms with van der Waals surface area (Å²) in [4.78, 5) is 1.63. The van der Waals surface area contributed by atoms with Gasteiger partial charge in [0.1, 0.15) is 0 Å². The molecule has 3 atom stereocenters. The van der Waals surface area contributed by atoms with Crippen LogP contribution in [0.2, 0.25) is 0 Å². The van der Waals surface area contributed by atoms with Gasteiger partial charge in [-0.3, -0.25) is 4.90 Å². The minimum absolute atomic E-state index is 0.142. The summed E-state index contributed by atoms with van der Waals surface area (Å²) in [6, 6.07) is 0.142. The van der Waals surface area contributed by atoms with E-state index in [4.69, 9.17) is 5.73 Å². The van der Waals surface area contributed by atoms with Gasteiger partial charge < -0.3 is 5.73 Å². The first kappa shape index (κ1) is 12.2. The molecule has 2 heterocycles. The zero-order valence-electron chi connectivity index (χ0n) is 9.34. The summed E-state index contributed by atoms with van der Waals surface area (Å²) in [6.45, 7) is 0.547. The van der Waals surface area contributed by atoms with Crippen molar-refractivity contribution in [2.75, 3.05) is 19.6 Å². The van der Waals surface area contributed by atoms with Gasteiger partial charge in [0.25, 0.3) is 0 Å². The molecule has 2 N–H and O–H groups in total. The highest BCUT2D eigenvalue weighted by Gasteiger charge is 2.43. The first-order valence-corrected chi connectivity index (χ1v) is 6.00. The van der Waals surface area contributed by atoms with Gasteiger partial charge in [-0.15, -0.1) is 0 Å². The summed E-state index contributed by atoms with van der Waals surface area (Å²) in [5.74, 6) is 1.00. The second-order valence-corrected chi connectivity index (χ2v) is 5.11. The van der Waals surface area contributed by atoms with Crippen LogP contribution in [-0.2, 0) is 0 Å². The maximum absolute atomic E-state index is 12.3. The molecule has 2 aliphatic heterocycles. The van der Waals surface area contributed by atoms with Crippen molar-refractivity contribution >= 4 is 0 Å². The van der Waals surface area contributed by atoms with Crippen LogP contribution in [0.4, 0.5) is 13.2 Å². The molecule has 5 heteroatoms. The van der Waals surface area contributed by atoms with Gasteiger partial charge in [0.05, 0.1) is 6.54 Å². The van der Waals surface area contributed by atoms with Crippen LogP contribution in [0, 0.1) is 11.8 Å².